The van der Waals surface area contributed by atoms with Crippen molar-refractivity contribution in [2.45, 2.75) is 38.9 Å². The Balaban J connectivity index is 2.23. The summed E-state index contributed by atoms with van der Waals surface area (Å²) >= 11 is 0. The zero-order chi connectivity index (χ0) is 17.0. The standard InChI is InChI=1S/C16H18F3N3O/c1-3-5-13(20-15(23)14-8-10(2)21-22-14)11-6-4-7-12(9-11)16(17,18)19/h4,6-9,13H,3,5H2,1-2H3,(H,20,23)(H,21,22). The molecule has 1 atom stereocenters. The lowest BCUT2D eigenvalue weighted by molar-refractivity contribution is -0.137. The minimum Gasteiger partial charge on any atom is -0.344 e. The molecular weight excluding hydrogens is 307 g/mol. The molecule has 0 saturated heterocycles. The van der Waals surface area contributed by atoms with Gasteiger partial charge in [-0.15, -0.1) is 0 Å². The number of amides is 1. The molecule has 0 spiro atoms. The van der Waals surface area contributed by atoms with Crippen molar-refractivity contribution >= 4 is 5.91 Å². The van der Waals surface area contributed by atoms with Gasteiger partial charge in [-0.05, 0) is 37.1 Å². The monoisotopic (exact) mass is 325 g/mol. The fraction of sp³-hybridized carbons (Fsp3) is 0.375. The van der Waals surface area contributed by atoms with Gasteiger partial charge in [0.05, 0.1) is 11.6 Å². The molecule has 1 aromatic heterocycles. The van der Waals surface area contributed by atoms with E-state index >= 15 is 0 Å². The van der Waals surface area contributed by atoms with E-state index in [0.29, 0.717) is 12.0 Å². The molecule has 7 heteroatoms. The predicted octanol–water partition coefficient (Wildman–Crippen LogP) is 4.01. The zero-order valence-corrected chi connectivity index (χ0v) is 12.9. The Labute approximate surface area is 132 Å². The van der Waals surface area contributed by atoms with Gasteiger partial charge < -0.3 is 5.32 Å². The molecule has 1 unspecified atom stereocenters. The smallest absolute Gasteiger partial charge is 0.344 e. The number of carbonyl (C=O) groups is 1. The normalized spacial score (nSPS) is 12.9. The molecule has 0 aliphatic carbocycles. The van der Waals surface area contributed by atoms with Gasteiger partial charge in [0.15, 0.2) is 0 Å². The summed E-state index contributed by atoms with van der Waals surface area (Å²) in [4.78, 5) is 12.2. The summed E-state index contributed by atoms with van der Waals surface area (Å²) < 4.78 is 38.5. The number of rotatable bonds is 5. The highest BCUT2D eigenvalue weighted by molar-refractivity contribution is 5.92. The fourth-order valence-corrected chi connectivity index (χ4v) is 2.31. The summed E-state index contributed by atoms with van der Waals surface area (Å²) in [5, 5.41) is 9.28. The lowest BCUT2D eigenvalue weighted by Crippen LogP contribution is -2.29. The maximum Gasteiger partial charge on any atom is 0.416 e. The van der Waals surface area contributed by atoms with Gasteiger partial charge in [0.2, 0.25) is 0 Å². The van der Waals surface area contributed by atoms with E-state index in [1.54, 1.807) is 19.1 Å². The van der Waals surface area contributed by atoms with Crippen molar-refractivity contribution in [3.63, 3.8) is 0 Å². The van der Waals surface area contributed by atoms with Crippen molar-refractivity contribution in [3.8, 4) is 0 Å². The van der Waals surface area contributed by atoms with Gasteiger partial charge in [-0.2, -0.15) is 18.3 Å². The molecule has 124 valence electrons. The number of hydrogen-bond acceptors (Lipinski definition) is 2. The van der Waals surface area contributed by atoms with Crippen molar-refractivity contribution in [1.29, 1.82) is 0 Å². The Morgan fingerprint density at radius 1 is 1.35 bits per heavy atom. The second-order valence-electron chi connectivity index (χ2n) is 5.37. The van der Waals surface area contributed by atoms with Crippen LogP contribution in [-0.4, -0.2) is 16.1 Å². The summed E-state index contributed by atoms with van der Waals surface area (Å²) in [5.74, 6) is -0.412. The van der Waals surface area contributed by atoms with Gasteiger partial charge in [0.1, 0.15) is 5.69 Å². The molecule has 0 saturated carbocycles. The molecule has 1 amide bonds. The highest BCUT2D eigenvalue weighted by atomic mass is 19.4. The Morgan fingerprint density at radius 3 is 2.65 bits per heavy atom. The molecular formula is C16H18F3N3O. The third-order valence-corrected chi connectivity index (χ3v) is 3.44. The van der Waals surface area contributed by atoms with Crippen LogP contribution in [0.15, 0.2) is 30.3 Å². The van der Waals surface area contributed by atoms with Crippen LogP contribution in [0.2, 0.25) is 0 Å². The summed E-state index contributed by atoms with van der Waals surface area (Å²) in [6, 6.07) is 6.13. The van der Waals surface area contributed by atoms with Crippen molar-refractivity contribution in [3.05, 3.63) is 52.8 Å². The molecule has 2 rings (SSSR count). The zero-order valence-electron chi connectivity index (χ0n) is 12.9. The largest absolute Gasteiger partial charge is 0.416 e. The van der Waals surface area contributed by atoms with E-state index in [1.165, 1.54) is 6.07 Å². The molecule has 1 heterocycles. The van der Waals surface area contributed by atoms with Gasteiger partial charge in [-0.25, -0.2) is 0 Å². The van der Waals surface area contributed by atoms with Crippen molar-refractivity contribution in [2.75, 3.05) is 0 Å². The van der Waals surface area contributed by atoms with E-state index in [0.717, 1.165) is 24.2 Å². The third-order valence-electron chi connectivity index (χ3n) is 3.44. The van der Waals surface area contributed by atoms with Gasteiger partial charge in [0, 0.05) is 5.69 Å². The van der Waals surface area contributed by atoms with Crippen LogP contribution in [0.25, 0.3) is 0 Å². The van der Waals surface area contributed by atoms with Crippen LogP contribution >= 0.6 is 0 Å². The van der Waals surface area contributed by atoms with Crippen LogP contribution in [0, 0.1) is 6.92 Å². The number of H-pyrrole nitrogens is 1. The van der Waals surface area contributed by atoms with Crippen LogP contribution in [0.4, 0.5) is 13.2 Å². The van der Waals surface area contributed by atoms with Gasteiger partial charge in [-0.1, -0.05) is 25.5 Å². The Hall–Kier alpha value is -2.31. The maximum atomic E-state index is 12.8. The molecule has 4 nitrogen and oxygen atoms in total. The van der Waals surface area contributed by atoms with E-state index in [2.05, 4.69) is 15.5 Å². The number of benzene rings is 1. The fourth-order valence-electron chi connectivity index (χ4n) is 2.31. The summed E-state index contributed by atoms with van der Waals surface area (Å²) in [5.41, 5.74) is 0.667. The molecule has 1 aromatic carbocycles. The molecule has 23 heavy (non-hydrogen) atoms. The topological polar surface area (TPSA) is 57.8 Å². The number of aryl methyl sites for hydroxylation is 1. The summed E-state index contributed by atoms with van der Waals surface area (Å²) in [6.07, 6.45) is -3.15. The van der Waals surface area contributed by atoms with Crippen LogP contribution in [-0.2, 0) is 6.18 Å². The van der Waals surface area contributed by atoms with Crippen molar-refractivity contribution in [1.82, 2.24) is 15.5 Å². The van der Waals surface area contributed by atoms with Crippen LogP contribution < -0.4 is 5.32 Å². The first-order chi connectivity index (χ1) is 10.8. The molecule has 0 aliphatic heterocycles. The second kappa shape index (κ2) is 6.85. The number of aromatic nitrogens is 2. The lowest BCUT2D eigenvalue weighted by atomic mass is 9.99. The van der Waals surface area contributed by atoms with Gasteiger partial charge in [0.25, 0.3) is 5.91 Å². The molecule has 0 bridgehead atoms. The number of alkyl halides is 3. The van der Waals surface area contributed by atoms with E-state index in [-0.39, 0.29) is 5.69 Å². The molecule has 0 fully saturated rings. The lowest BCUT2D eigenvalue weighted by Gasteiger charge is -2.19. The van der Waals surface area contributed by atoms with E-state index in [1.807, 2.05) is 6.92 Å². The minimum absolute atomic E-state index is 0.218. The Morgan fingerprint density at radius 2 is 2.09 bits per heavy atom. The third kappa shape index (κ3) is 4.34. The summed E-state index contributed by atoms with van der Waals surface area (Å²) in [6.45, 7) is 3.67. The number of halogens is 3. The molecule has 2 aromatic rings. The van der Waals surface area contributed by atoms with Gasteiger partial charge in [-0.3, -0.25) is 9.89 Å². The van der Waals surface area contributed by atoms with Crippen LogP contribution in [0.5, 0.6) is 0 Å². The number of hydrogen-bond donors (Lipinski definition) is 2. The van der Waals surface area contributed by atoms with Gasteiger partial charge >= 0.3 is 6.18 Å². The van der Waals surface area contributed by atoms with E-state index in [9.17, 15) is 18.0 Å². The maximum absolute atomic E-state index is 12.8. The Kier molecular flexibility index (Phi) is 5.08. The predicted molar refractivity (Wildman–Crippen MR) is 79.9 cm³/mol. The highest BCUT2D eigenvalue weighted by Gasteiger charge is 2.31. The average molecular weight is 325 g/mol. The number of aromatic amines is 1. The summed E-state index contributed by atoms with van der Waals surface area (Å²) in [7, 11) is 0. The van der Waals surface area contributed by atoms with Crippen molar-refractivity contribution < 1.29 is 18.0 Å². The number of nitrogens with one attached hydrogen (secondary N) is 2. The molecule has 0 aliphatic rings. The van der Waals surface area contributed by atoms with E-state index < -0.39 is 23.7 Å². The minimum atomic E-state index is -4.41. The Bertz CT molecular complexity index is 679. The first kappa shape index (κ1) is 17.1. The van der Waals surface area contributed by atoms with Crippen molar-refractivity contribution in [2.24, 2.45) is 0 Å². The molecule has 2 N–H and O–H groups in total. The van der Waals surface area contributed by atoms with Crippen LogP contribution in [0.1, 0.15) is 53.1 Å². The number of nitrogens with zero attached hydrogens (tertiary/aromatic N) is 1. The first-order valence-electron chi connectivity index (χ1n) is 7.31. The molecule has 0 radical (unpaired) electrons. The quantitative estimate of drug-likeness (QED) is 0.873. The van der Waals surface area contributed by atoms with E-state index in [4.69, 9.17) is 0 Å². The van der Waals surface area contributed by atoms with Crippen LogP contribution in [0.3, 0.4) is 0 Å². The number of carbonyl (C=O) groups excluding carboxylic acids is 1. The highest BCUT2D eigenvalue weighted by Crippen LogP contribution is 2.31. The first-order valence-corrected chi connectivity index (χ1v) is 7.31. The second-order valence-corrected chi connectivity index (χ2v) is 5.37. The SMILES string of the molecule is CCCC(NC(=O)c1cc(C)[nH]n1)c1cccc(C(F)(F)F)c1. The average Bonchev–Trinajstić information content (AvgIpc) is 2.93.